The van der Waals surface area contributed by atoms with Gasteiger partial charge in [-0.25, -0.2) is 14.0 Å². The van der Waals surface area contributed by atoms with Gasteiger partial charge in [-0.3, -0.25) is 0 Å². The Morgan fingerprint density at radius 2 is 1.95 bits per heavy atom. The van der Waals surface area contributed by atoms with Crippen LogP contribution in [0.25, 0.3) is 0 Å². The molecule has 2 N–H and O–H groups in total. The lowest BCUT2D eigenvalue weighted by Crippen LogP contribution is -2.16. The van der Waals surface area contributed by atoms with Gasteiger partial charge < -0.3 is 19.9 Å². The topological polar surface area (TPSA) is 84.9 Å². The monoisotopic (exact) mass is 283 g/mol. The molecule has 0 saturated carbocycles. The predicted molar refractivity (Wildman–Crippen MR) is 68.5 cm³/mol. The van der Waals surface area contributed by atoms with Gasteiger partial charge in [-0.1, -0.05) is 0 Å². The third-order valence-electron chi connectivity index (χ3n) is 2.42. The summed E-state index contributed by atoms with van der Waals surface area (Å²) in [5.74, 6) is -2.54. The van der Waals surface area contributed by atoms with Crippen LogP contribution in [-0.2, 0) is 19.1 Å². The first-order valence-electron chi connectivity index (χ1n) is 5.53. The number of carbonyl (C=O) groups is 2. The van der Waals surface area contributed by atoms with Crippen molar-refractivity contribution in [1.29, 1.82) is 0 Å². The minimum absolute atomic E-state index is 0.156. The Balaban J connectivity index is 3.14. The lowest BCUT2D eigenvalue weighted by molar-refractivity contribution is -0.138. The molecule has 0 bridgehead atoms. The number of hydrogen-bond acceptors (Lipinski definition) is 6. The number of phenolic OH excluding ortho intramolecular Hbond substituents is 1. The van der Waals surface area contributed by atoms with E-state index in [1.54, 1.807) is 0 Å². The van der Waals surface area contributed by atoms with Gasteiger partial charge >= 0.3 is 11.9 Å². The zero-order valence-electron chi connectivity index (χ0n) is 11.2. The molecule has 1 rings (SSSR count). The molecule has 20 heavy (non-hydrogen) atoms. The number of anilines is 1. The maximum absolute atomic E-state index is 13.7. The molecular formula is C13H14FNO5. The lowest BCUT2D eigenvalue weighted by Gasteiger charge is -2.11. The molecule has 0 saturated heterocycles. The largest absolute Gasteiger partial charge is 0.508 e. The molecule has 0 aliphatic rings. The van der Waals surface area contributed by atoms with Gasteiger partial charge in [0.25, 0.3) is 0 Å². The maximum Gasteiger partial charge on any atom is 0.354 e. The van der Waals surface area contributed by atoms with Crippen LogP contribution in [0.4, 0.5) is 10.1 Å². The van der Waals surface area contributed by atoms with Crippen LogP contribution in [-0.4, -0.2) is 31.3 Å². The molecule has 0 amide bonds. The fourth-order valence-electron chi connectivity index (χ4n) is 1.33. The SMILES string of the molecule is COC(=O)/C=C(/Nc1cc(O)c(C)cc1F)C(=O)OC. The number of halogens is 1. The average molecular weight is 283 g/mol. The quantitative estimate of drug-likeness (QED) is 0.643. The van der Waals surface area contributed by atoms with E-state index < -0.39 is 17.8 Å². The molecule has 0 heterocycles. The highest BCUT2D eigenvalue weighted by Gasteiger charge is 2.15. The Hall–Kier alpha value is -2.57. The molecule has 0 aliphatic carbocycles. The predicted octanol–water partition coefficient (Wildman–Crippen LogP) is 1.48. The third-order valence-corrected chi connectivity index (χ3v) is 2.42. The Morgan fingerprint density at radius 3 is 2.50 bits per heavy atom. The van der Waals surface area contributed by atoms with Crippen LogP contribution in [0, 0.1) is 12.7 Å². The minimum atomic E-state index is -0.880. The van der Waals surface area contributed by atoms with Crippen molar-refractivity contribution >= 4 is 17.6 Å². The van der Waals surface area contributed by atoms with Gasteiger partial charge in [0.2, 0.25) is 0 Å². The van der Waals surface area contributed by atoms with Gasteiger partial charge in [-0.2, -0.15) is 0 Å². The Labute approximate surface area is 114 Å². The number of carbonyl (C=O) groups excluding carboxylic acids is 2. The molecule has 1 aromatic rings. The normalized spacial score (nSPS) is 10.9. The fraction of sp³-hybridized carbons (Fsp3) is 0.231. The van der Waals surface area contributed by atoms with Gasteiger partial charge in [0.1, 0.15) is 17.3 Å². The number of rotatable bonds is 4. The lowest BCUT2D eigenvalue weighted by atomic mass is 10.2. The molecule has 0 unspecified atom stereocenters. The van der Waals surface area contributed by atoms with Crippen molar-refractivity contribution in [2.45, 2.75) is 6.92 Å². The number of hydrogen-bond donors (Lipinski definition) is 2. The van der Waals surface area contributed by atoms with Gasteiger partial charge in [-0.15, -0.1) is 0 Å². The first-order chi connectivity index (χ1) is 9.38. The molecule has 0 atom stereocenters. The summed E-state index contributed by atoms with van der Waals surface area (Å²) in [6.45, 7) is 1.52. The average Bonchev–Trinajstić information content (AvgIpc) is 2.42. The summed E-state index contributed by atoms with van der Waals surface area (Å²) in [5, 5.41) is 11.9. The number of methoxy groups -OCH3 is 2. The Morgan fingerprint density at radius 1 is 1.30 bits per heavy atom. The van der Waals surface area contributed by atoms with E-state index in [9.17, 15) is 19.1 Å². The summed E-state index contributed by atoms with van der Waals surface area (Å²) in [4.78, 5) is 22.6. The molecular weight excluding hydrogens is 269 g/mol. The summed E-state index contributed by atoms with van der Waals surface area (Å²) in [7, 11) is 2.24. The number of benzene rings is 1. The number of phenols is 1. The molecule has 1 aromatic carbocycles. The number of aromatic hydroxyl groups is 1. The molecule has 0 spiro atoms. The summed E-state index contributed by atoms with van der Waals surface area (Å²) in [6, 6.07) is 2.18. The van der Waals surface area contributed by atoms with E-state index in [0.717, 1.165) is 32.4 Å². The van der Waals surface area contributed by atoms with Crippen molar-refractivity contribution in [2.75, 3.05) is 19.5 Å². The van der Waals surface area contributed by atoms with Crippen LogP contribution >= 0.6 is 0 Å². The van der Waals surface area contributed by atoms with Crippen molar-refractivity contribution in [1.82, 2.24) is 0 Å². The fourth-order valence-corrected chi connectivity index (χ4v) is 1.33. The van der Waals surface area contributed by atoms with Crippen molar-refractivity contribution in [3.8, 4) is 5.75 Å². The Bertz CT molecular complexity index is 568. The van der Waals surface area contributed by atoms with E-state index in [1.165, 1.54) is 6.92 Å². The molecule has 7 heteroatoms. The maximum atomic E-state index is 13.7. The standard InChI is InChI=1S/C13H14FNO5/c1-7-4-8(14)9(5-11(7)16)15-10(13(18)20-3)6-12(17)19-2/h4-6,15-16H,1-3H3/b10-6+. The van der Waals surface area contributed by atoms with Gasteiger partial charge in [0, 0.05) is 6.07 Å². The van der Waals surface area contributed by atoms with Crippen LogP contribution < -0.4 is 5.32 Å². The summed E-state index contributed by atoms with van der Waals surface area (Å²) < 4.78 is 22.5. The minimum Gasteiger partial charge on any atom is -0.508 e. The number of nitrogens with one attached hydrogen (secondary N) is 1. The van der Waals surface area contributed by atoms with E-state index in [0.29, 0.717) is 5.56 Å². The molecule has 108 valence electrons. The first kappa shape index (κ1) is 15.5. The van der Waals surface area contributed by atoms with Gasteiger partial charge in [-0.05, 0) is 18.6 Å². The number of ether oxygens (including phenoxy) is 2. The highest BCUT2D eigenvalue weighted by atomic mass is 19.1. The smallest absolute Gasteiger partial charge is 0.354 e. The van der Waals surface area contributed by atoms with Crippen molar-refractivity contribution in [3.63, 3.8) is 0 Å². The van der Waals surface area contributed by atoms with E-state index in [4.69, 9.17) is 0 Å². The van der Waals surface area contributed by atoms with Crippen molar-refractivity contribution < 1.29 is 28.6 Å². The molecule has 0 aliphatic heterocycles. The molecule has 0 fully saturated rings. The summed E-state index contributed by atoms with van der Waals surface area (Å²) in [6.07, 6.45) is 0.822. The highest BCUT2D eigenvalue weighted by molar-refractivity contribution is 5.98. The van der Waals surface area contributed by atoms with E-state index in [-0.39, 0.29) is 17.1 Å². The van der Waals surface area contributed by atoms with Crippen molar-refractivity contribution in [3.05, 3.63) is 35.3 Å². The molecule has 0 radical (unpaired) electrons. The first-order valence-corrected chi connectivity index (χ1v) is 5.53. The molecule has 0 aromatic heterocycles. The van der Waals surface area contributed by atoms with Crippen LogP contribution in [0.3, 0.4) is 0 Å². The van der Waals surface area contributed by atoms with E-state index in [1.807, 2.05) is 0 Å². The molecule has 6 nitrogen and oxygen atoms in total. The second-order valence-electron chi connectivity index (χ2n) is 3.82. The van der Waals surface area contributed by atoms with Gasteiger partial charge in [0.05, 0.1) is 26.0 Å². The second-order valence-corrected chi connectivity index (χ2v) is 3.82. The van der Waals surface area contributed by atoms with Crippen LogP contribution in [0.2, 0.25) is 0 Å². The second kappa shape index (κ2) is 6.55. The summed E-state index contributed by atoms with van der Waals surface area (Å²) >= 11 is 0. The van der Waals surface area contributed by atoms with Gasteiger partial charge in [0.15, 0.2) is 0 Å². The number of esters is 2. The van der Waals surface area contributed by atoms with Crippen LogP contribution in [0.15, 0.2) is 23.9 Å². The Kier molecular flexibility index (Phi) is 5.08. The van der Waals surface area contributed by atoms with E-state index in [2.05, 4.69) is 14.8 Å². The summed E-state index contributed by atoms with van der Waals surface area (Å²) in [5.41, 5.74) is -0.153. The van der Waals surface area contributed by atoms with Crippen LogP contribution in [0.1, 0.15) is 5.56 Å². The van der Waals surface area contributed by atoms with E-state index >= 15 is 0 Å². The highest BCUT2D eigenvalue weighted by Crippen LogP contribution is 2.25. The zero-order valence-corrected chi connectivity index (χ0v) is 11.2. The van der Waals surface area contributed by atoms with Crippen molar-refractivity contribution in [2.24, 2.45) is 0 Å². The van der Waals surface area contributed by atoms with Crippen LogP contribution in [0.5, 0.6) is 5.75 Å². The third kappa shape index (κ3) is 3.71. The zero-order chi connectivity index (χ0) is 15.3. The number of aryl methyl sites for hydroxylation is 1.